The molecule has 0 saturated heterocycles. The standard InChI is InChI=1S/C14H18N4/c1-2-3-4-10-5-7-11(8-6-10)12-9-13(15)18-14(16)17-12/h5-9H,2-4H2,1H3,(H4,15,16,17,18). The number of nitrogen functional groups attached to an aromatic ring is 2. The molecule has 0 unspecified atom stereocenters. The minimum atomic E-state index is 0.208. The Morgan fingerprint density at radius 3 is 2.39 bits per heavy atom. The Bertz CT molecular complexity index is 500. The van der Waals surface area contributed by atoms with E-state index in [0.717, 1.165) is 17.7 Å². The minimum absolute atomic E-state index is 0.208. The molecule has 0 bridgehead atoms. The van der Waals surface area contributed by atoms with Gasteiger partial charge in [-0.15, -0.1) is 0 Å². The Hall–Kier alpha value is -2.10. The van der Waals surface area contributed by atoms with Crippen molar-refractivity contribution in [1.29, 1.82) is 0 Å². The van der Waals surface area contributed by atoms with E-state index in [1.807, 2.05) is 12.1 Å². The fourth-order valence-electron chi connectivity index (χ4n) is 1.86. The van der Waals surface area contributed by atoms with Gasteiger partial charge in [-0.25, -0.2) is 4.98 Å². The molecule has 2 aromatic rings. The van der Waals surface area contributed by atoms with E-state index < -0.39 is 0 Å². The van der Waals surface area contributed by atoms with Crippen molar-refractivity contribution < 1.29 is 0 Å². The van der Waals surface area contributed by atoms with Crippen molar-refractivity contribution >= 4 is 11.8 Å². The van der Waals surface area contributed by atoms with Crippen LogP contribution in [0, 0.1) is 0 Å². The highest BCUT2D eigenvalue weighted by Crippen LogP contribution is 2.20. The molecule has 4 heteroatoms. The summed E-state index contributed by atoms with van der Waals surface area (Å²) in [6, 6.07) is 10.1. The van der Waals surface area contributed by atoms with E-state index in [9.17, 15) is 0 Å². The van der Waals surface area contributed by atoms with Gasteiger partial charge in [0.25, 0.3) is 0 Å². The fraction of sp³-hybridized carbons (Fsp3) is 0.286. The van der Waals surface area contributed by atoms with Gasteiger partial charge in [-0.3, -0.25) is 0 Å². The molecule has 18 heavy (non-hydrogen) atoms. The summed E-state index contributed by atoms with van der Waals surface area (Å²) < 4.78 is 0. The van der Waals surface area contributed by atoms with Crippen molar-refractivity contribution in [3.63, 3.8) is 0 Å². The average molecular weight is 242 g/mol. The molecule has 0 saturated carbocycles. The maximum absolute atomic E-state index is 5.66. The number of nitrogens with zero attached hydrogens (tertiary/aromatic N) is 2. The molecule has 0 radical (unpaired) electrons. The zero-order valence-electron chi connectivity index (χ0n) is 10.6. The topological polar surface area (TPSA) is 77.8 Å². The largest absolute Gasteiger partial charge is 0.384 e. The number of benzene rings is 1. The van der Waals surface area contributed by atoms with E-state index in [1.165, 1.54) is 18.4 Å². The molecule has 0 amide bonds. The van der Waals surface area contributed by atoms with Crippen molar-refractivity contribution in [2.75, 3.05) is 11.5 Å². The lowest BCUT2D eigenvalue weighted by Crippen LogP contribution is -2.00. The molecule has 2 rings (SSSR count). The molecule has 1 heterocycles. The second-order valence-electron chi connectivity index (χ2n) is 4.34. The number of hydrogen-bond acceptors (Lipinski definition) is 4. The lowest BCUT2D eigenvalue weighted by Gasteiger charge is -2.05. The summed E-state index contributed by atoms with van der Waals surface area (Å²) in [6.07, 6.45) is 3.54. The maximum Gasteiger partial charge on any atom is 0.222 e. The molecular formula is C14H18N4. The Morgan fingerprint density at radius 2 is 1.78 bits per heavy atom. The molecule has 0 aliphatic rings. The van der Waals surface area contributed by atoms with Crippen LogP contribution in [-0.2, 0) is 6.42 Å². The smallest absolute Gasteiger partial charge is 0.222 e. The Kier molecular flexibility index (Phi) is 3.77. The monoisotopic (exact) mass is 242 g/mol. The van der Waals surface area contributed by atoms with Gasteiger partial charge in [0.15, 0.2) is 0 Å². The van der Waals surface area contributed by atoms with Crippen LogP contribution in [0.1, 0.15) is 25.3 Å². The molecule has 4 N–H and O–H groups in total. The van der Waals surface area contributed by atoms with Gasteiger partial charge in [0.05, 0.1) is 5.69 Å². The fourth-order valence-corrected chi connectivity index (χ4v) is 1.86. The number of nitrogens with two attached hydrogens (primary N) is 2. The van der Waals surface area contributed by atoms with Crippen LogP contribution < -0.4 is 11.5 Å². The minimum Gasteiger partial charge on any atom is -0.384 e. The van der Waals surface area contributed by atoms with E-state index in [1.54, 1.807) is 6.07 Å². The lowest BCUT2D eigenvalue weighted by molar-refractivity contribution is 0.795. The van der Waals surface area contributed by atoms with Gasteiger partial charge >= 0.3 is 0 Å². The van der Waals surface area contributed by atoms with Gasteiger partial charge in [-0.05, 0) is 18.4 Å². The first-order chi connectivity index (χ1) is 8.69. The third kappa shape index (κ3) is 2.97. The third-order valence-electron chi connectivity index (χ3n) is 2.83. The number of unbranched alkanes of at least 4 members (excludes halogenated alkanes) is 1. The zero-order valence-corrected chi connectivity index (χ0v) is 10.6. The van der Waals surface area contributed by atoms with Crippen LogP contribution >= 0.6 is 0 Å². The normalized spacial score (nSPS) is 10.5. The summed E-state index contributed by atoms with van der Waals surface area (Å²) >= 11 is 0. The summed E-state index contributed by atoms with van der Waals surface area (Å²) in [5.74, 6) is 0.604. The van der Waals surface area contributed by atoms with Gasteiger partial charge in [-0.2, -0.15) is 4.98 Å². The van der Waals surface area contributed by atoms with E-state index in [-0.39, 0.29) is 5.95 Å². The average Bonchev–Trinajstić information content (AvgIpc) is 2.36. The summed E-state index contributed by atoms with van der Waals surface area (Å²) in [5, 5.41) is 0. The Balaban J connectivity index is 2.23. The van der Waals surface area contributed by atoms with Crippen molar-refractivity contribution in [2.45, 2.75) is 26.2 Å². The molecule has 0 aliphatic carbocycles. The summed E-state index contributed by atoms with van der Waals surface area (Å²) in [7, 11) is 0. The second kappa shape index (κ2) is 5.49. The zero-order chi connectivity index (χ0) is 13.0. The molecule has 4 nitrogen and oxygen atoms in total. The van der Waals surface area contributed by atoms with Crippen molar-refractivity contribution in [1.82, 2.24) is 9.97 Å². The van der Waals surface area contributed by atoms with Gasteiger partial charge in [-0.1, -0.05) is 37.6 Å². The molecule has 1 aromatic heterocycles. The van der Waals surface area contributed by atoms with Crippen LogP contribution in [-0.4, -0.2) is 9.97 Å². The highest BCUT2D eigenvalue weighted by atomic mass is 15.0. The number of rotatable bonds is 4. The van der Waals surface area contributed by atoms with E-state index in [4.69, 9.17) is 11.5 Å². The Labute approximate surface area is 107 Å². The first-order valence-electron chi connectivity index (χ1n) is 6.18. The first-order valence-corrected chi connectivity index (χ1v) is 6.18. The van der Waals surface area contributed by atoms with Crippen LogP contribution in [0.15, 0.2) is 30.3 Å². The maximum atomic E-state index is 5.66. The van der Waals surface area contributed by atoms with Crippen LogP contribution in [0.5, 0.6) is 0 Å². The van der Waals surface area contributed by atoms with Crippen molar-refractivity contribution in [2.24, 2.45) is 0 Å². The molecule has 0 fully saturated rings. The number of aryl methyl sites for hydroxylation is 1. The van der Waals surface area contributed by atoms with Crippen molar-refractivity contribution in [3.8, 4) is 11.3 Å². The van der Waals surface area contributed by atoms with Gasteiger partial charge in [0.2, 0.25) is 5.95 Å². The first kappa shape index (κ1) is 12.4. The summed E-state index contributed by atoms with van der Waals surface area (Å²) in [6.45, 7) is 2.20. The number of hydrogen-bond donors (Lipinski definition) is 2. The predicted molar refractivity (Wildman–Crippen MR) is 74.9 cm³/mol. The molecular weight excluding hydrogens is 224 g/mol. The predicted octanol–water partition coefficient (Wildman–Crippen LogP) is 2.65. The molecule has 1 aromatic carbocycles. The molecule has 94 valence electrons. The summed E-state index contributed by atoms with van der Waals surface area (Å²) in [4.78, 5) is 8.05. The van der Waals surface area contributed by atoms with Gasteiger partial charge in [0, 0.05) is 11.6 Å². The molecule has 0 atom stereocenters. The molecule has 0 aliphatic heterocycles. The highest BCUT2D eigenvalue weighted by Gasteiger charge is 2.03. The molecule has 0 spiro atoms. The quantitative estimate of drug-likeness (QED) is 0.864. The van der Waals surface area contributed by atoms with E-state index in [0.29, 0.717) is 5.82 Å². The summed E-state index contributed by atoms with van der Waals surface area (Å²) in [5.41, 5.74) is 14.4. The lowest BCUT2D eigenvalue weighted by atomic mass is 10.0. The van der Waals surface area contributed by atoms with Crippen LogP contribution in [0.4, 0.5) is 11.8 Å². The van der Waals surface area contributed by atoms with Crippen LogP contribution in [0.3, 0.4) is 0 Å². The van der Waals surface area contributed by atoms with Crippen molar-refractivity contribution in [3.05, 3.63) is 35.9 Å². The second-order valence-corrected chi connectivity index (χ2v) is 4.34. The SMILES string of the molecule is CCCCc1ccc(-c2cc(N)nc(N)n2)cc1. The van der Waals surface area contributed by atoms with Gasteiger partial charge < -0.3 is 11.5 Å². The van der Waals surface area contributed by atoms with E-state index in [2.05, 4.69) is 29.0 Å². The van der Waals surface area contributed by atoms with Gasteiger partial charge in [0.1, 0.15) is 5.82 Å². The van der Waals surface area contributed by atoms with Crippen LogP contribution in [0.25, 0.3) is 11.3 Å². The Morgan fingerprint density at radius 1 is 1.06 bits per heavy atom. The number of aromatic nitrogens is 2. The van der Waals surface area contributed by atoms with E-state index >= 15 is 0 Å². The van der Waals surface area contributed by atoms with Crippen LogP contribution in [0.2, 0.25) is 0 Å². The third-order valence-corrected chi connectivity index (χ3v) is 2.83. The number of anilines is 2. The highest BCUT2D eigenvalue weighted by molar-refractivity contribution is 5.63.